The Morgan fingerprint density at radius 3 is 1.60 bits per heavy atom. The van der Waals surface area contributed by atoms with E-state index < -0.39 is 0 Å². The van der Waals surface area contributed by atoms with Gasteiger partial charge in [0.1, 0.15) is 0 Å². The second-order valence-electron chi connectivity index (χ2n) is 11.4. The Balaban J connectivity index is 0.00000314. The van der Waals surface area contributed by atoms with E-state index in [1.807, 2.05) is 95.6 Å². The van der Waals surface area contributed by atoms with Gasteiger partial charge in [0, 0.05) is 11.5 Å². The number of para-hydroxylation sites is 8. The number of benzene rings is 6. The molecule has 0 aliphatic carbocycles. The zero-order valence-corrected chi connectivity index (χ0v) is 27.3. The van der Waals surface area contributed by atoms with Gasteiger partial charge < -0.3 is 13.9 Å². The topological polar surface area (TPSA) is 77.5 Å². The maximum atomic E-state index is 10.1. The molecule has 10 aromatic rings. The third-order valence-electron chi connectivity index (χ3n) is 8.63. The molecular formula is C39H21N7OPt. The van der Waals surface area contributed by atoms with Crippen LogP contribution in [0.4, 0.5) is 0 Å². The van der Waals surface area contributed by atoms with E-state index in [2.05, 4.69) is 61.9 Å². The Bertz CT molecular complexity index is 2920. The first-order valence-corrected chi connectivity index (χ1v) is 15.2. The van der Waals surface area contributed by atoms with Gasteiger partial charge in [-0.05, 0) is 48.5 Å². The monoisotopic (exact) mass is 798 g/mol. The molecule has 0 spiro atoms. The average Bonchev–Trinajstić information content (AvgIpc) is 3.84. The summed E-state index contributed by atoms with van der Waals surface area (Å²) in [6, 6.07) is 51.0. The molecule has 0 saturated heterocycles. The number of fused-ring (bicyclic) bond motifs is 10. The molecule has 6 aromatic carbocycles. The Morgan fingerprint density at radius 2 is 1.02 bits per heavy atom. The molecule has 9 heteroatoms. The van der Waals surface area contributed by atoms with Crippen LogP contribution in [0.3, 0.4) is 0 Å². The van der Waals surface area contributed by atoms with Crippen molar-refractivity contribution in [1.82, 2.24) is 27.9 Å². The molecule has 0 radical (unpaired) electrons. The number of hydrogen-bond donors (Lipinski definition) is 0. The van der Waals surface area contributed by atoms with E-state index in [4.69, 9.17) is 14.7 Å². The molecule has 0 saturated carbocycles. The Hall–Kier alpha value is -6.16. The van der Waals surface area contributed by atoms with E-state index >= 15 is 0 Å². The molecule has 0 bridgehead atoms. The van der Waals surface area contributed by atoms with Crippen molar-refractivity contribution in [3.63, 3.8) is 0 Å². The van der Waals surface area contributed by atoms with E-state index in [-0.39, 0.29) is 21.1 Å². The third-order valence-corrected chi connectivity index (χ3v) is 8.63. The smallest absolute Gasteiger partial charge is 0.509 e. The van der Waals surface area contributed by atoms with Gasteiger partial charge >= 0.3 is 21.1 Å². The van der Waals surface area contributed by atoms with Gasteiger partial charge in [-0.25, -0.2) is 9.97 Å². The summed E-state index contributed by atoms with van der Waals surface area (Å²) in [5.41, 5.74) is 9.74. The van der Waals surface area contributed by atoms with Gasteiger partial charge in [0.25, 0.3) is 0 Å². The Kier molecular flexibility index (Phi) is 6.26. The van der Waals surface area contributed by atoms with Crippen LogP contribution >= 0.6 is 0 Å². The van der Waals surface area contributed by atoms with Crippen LogP contribution in [0.1, 0.15) is 5.56 Å². The molecule has 10 rings (SSSR count). The predicted octanol–water partition coefficient (Wildman–Crippen LogP) is 8.44. The minimum Gasteiger partial charge on any atom is -0.509 e. The molecule has 0 amide bonds. The molecule has 0 fully saturated rings. The number of aromatic nitrogens is 6. The van der Waals surface area contributed by atoms with E-state index in [9.17, 15) is 5.26 Å². The number of nitrogens with zero attached hydrogens (tertiary/aromatic N) is 7. The van der Waals surface area contributed by atoms with Gasteiger partial charge in [0.05, 0.1) is 50.2 Å². The second-order valence-corrected chi connectivity index (χ2v) is 11.4. The minimum atomic E-state index is 0. The summed E-state index contributed by atoms with van der Waals surface area (Å²) >= 11 is 0. The number of ether oxygens (including phenoxy) is 1. The Morgan fingerprint density at radius 1 is 0.521 bits per heavy atom. The molecule has 4 aromatic heterocycles. The molecular weight excluding hydrogens is 778 g/mol. The number of hydrogen-bond acceptors (Lipinski definition) is 4. The van der Waals surface area contributed by atoms with Crippen LogP contribution in [0.2, 0.25) is 0 Å². The van der Waals surface area contributed by atoms with Crippen LogP contribution in [-0.2, 0) is 21.1 Å². The van der Waals surface area contributed by atoms with Crippen molar-refractivity contribution in [2.24, 2.45) is 0 Å². The van der Waals surface area contributed by atoms with E-state index in [0.29, 0.717) is 22.7 Å². The summed E-state index contributed by atoms with van der Waals surface area (Å²) in [6.45, 7) is 0. The fraction of sp³-hybridized carbons (Fsp3) is 0. The van der Waals surface area contributed by atoms with Crippen molar-refractivity contribution < 1.29 is 25.8 Å². The standard InChI is InChI=1S/C39H21N7O.Pt/c40-24-25-20-27(44-35-17-6-8-19-37(35)46-33-15-4-2-13-31(33)42-39(44)46)23-29(21-25)47-28-11-9-10-26(22-28)43-34-16-5-7-18-36(34)45-32-14-3-1-12-30(32)41-38(43)45;/h1-21H;/q-2;+2. The summed E-state index contributed by atoms with van der Waals surface area (Å²) < 4.78 is 14.8. The summed E-state index contributed by atoms with van der Waals surface area (Å²) in [7, 11) is 0. The van der Waals surface area contributed by atoms with Gasteiger partial charge in [-0.2, -0.15) is 11.3 Å². The quantitative estimate of drug-likeness (QED) is 0.168. The second kappa shape index (κ2) is 10.7. The van der Waals surface area contributed by atoms with Gasteiger partial charge in [0.15, 0.2) is 0 Å². The zero-order chi connectivity index (χ0) is 31.1. The number of nitriles is 1. The summed E-state index contributed by atoms with van der Waals surface area (Å²) in [4.78, 5) is 9.95. The minimum absolute atomic E-state index is 0. The molecule has 0 atom stereocenters. The Labute approximate surface area is 287 Å². The normalized spacial score (nSPS) is 11.6. The summed E-state index contributed by atoms with van der Waals surface area (Å²) in [5, 5.41) is 10.1. The van der Waals surface area contributed by atoms with Gasteiger partial charge in [-0.1, -0.05) is 65.5 Å². The van der Waals surface area contributed by atoms with Crippen molar-refractivity contribution in [1.29, 1.82) is 5.26 Å². The fourth-order valence-electron chi connectivity index (χ4n) is 6.69. The third kappa shape index (κ3) is 4.05. The summed E-state index contributed by atoms with van der Waals surface area (Å²) in [6.07, 6.45) is 0. The maximum absolute atomic E-state index is 10.1. The van der Waals surface area contributed by atoms with Crippen LogP contribution < -0.4 is 4.74 Å². The molecule has 0 N–H and O–H groups in total. The molecule has 0 aliphatic rings. The van der Waals surface area contributed by atoms with Crippen LogP contribution in [0.25, 0.3) is 67.1 Å². The van der Waals surface area contributed by atoms with Crippen molar-refractivity contribution in [3.05, 3.63) is 145 Å². The first-order chi connectivity index (χ1) is 23.2. The number of rotatable bonds is 4. The molecule has 8 nitrogen and oxygen atoms in total. The average molecular weight is 799 g/mol. The van der Waals surface area contributed by atoms with E-state index in [1.165, 1.54) is 0 Å². The summed E-state index contributed by atoms with van der Waals surface area (Å²) in [5.74, 6) is 2.40. The van der Waals surface area contributed by atoms with Crippen LogP contribution in [-0.4, -0.2) is 27.9 Å². The SMILES string of the molecule is N#Cc1cc(Oc2[c-]c(-n3c4ccccc4n4c5ccccc5nc34)ccc2)[c-]c(-n2c3ccccc3n3c4ccccc4nc23)c1.[Pt+2]. The molecule has 228 valence electrons. The molecule has 0 unspecified atom stereocenters. The van der Waals surface area contributed by atoms with Crippen LogP contribution in [0.15, 0.2) is 127 Å². The van der Waals surface area contributed by atoms with E-state index in [1.54, 1.807) is 6.07 Å². The molecule has 48 heavy (non-hydrogen) atoms. The predicted molar refractivity (Wildman–Crippen MR) is 182 cm³/mol. The van der Waals surface area contributed by atoms with Crippen LogP contribution in [0.5, 0.6) is 11.5 Å². The molecule has 0 aliphatic heterocycles. The number of imidazole rings is 4. The van der Waals surface area contributed by atoms with Gasteiger partial charge in [-0.3, -0.25) is 8.80 Å². The maximum Gasteiger partial charge on any atom is 2.00 e. The first kappa shape index (κ1) is 28.1. The fourth-order valence-corrected chi connectivity index (χ4v) is 6.69. The van der Waals surface area contributed by atoms with Gasteiger partial charge in [0.2, 0.25) is 11.6 Å². The van der Waals surface area contributed by atoms with Crippen LogP contribution in [0, 0.1) is 23.5 Å². The zero-order valence-electron chi connectivity index (χ0n) is 25.0. The van der Waals surface area contributed by atoms with Crippen molar-refractivity contribution in [2.75, 3.05) is 0 Å². The van der Waals surface area contributed by atoms with Crippen molar-refractivity contribution in [3.8, 4) is 28.9 Å². The van der Waals surface area contributed by atoms with Crippen molar-refractivity contribution in [2.45, 2.75) is 0 Å². The first-order valence-electron chi connectivity index (χ1n) is 15.2. The largest absolute Gasteiger partial charge is 2.00 e. The molecule has 4 heterocycles. The van der Waals surface area contributed by atoms with E-state index in [0.717, 1.165) is 61.4 Å². The van der Waals surface area contributed by atoms with Gasteiger partial charge in [-0.15, -0.1) is 36.4 Å². The van der Waals surface area contributed by atoms with Crippen molar-refractivity contribution >= 4 is 55.7 Å².